The van der Waals surface area contributed by atoms with Crippen molar-refractivity contribution in [2.75, 3.05) is 4.90 Å². The van der Waals surface area contributed by atoms with Gasteiger partial charge in [-0.2, -0.15) is 0 Å². The van der Waals surface area contributed by atoms with Crippen LogP contribution in [0.3, 0.4) is 0 Å². The topological polar surface area (TPSA) is 66.2 Å². The summed E-state index contributed by atoms with van der Waals surface area (Å²) < 4.78 is 2.19. The van der Waals surface area contributed by atoms with Crippen LogP contribution in [-0.4, -0.2) is 24.8 Å². The van der Waals surface area contributed by atoms with E-state index in [2.05, 4.69) is 52.8 Å². The fourth-order valence-corrected chi connectivity index (χ4v) is 5.06. The van der Waals surface area contributed by atoms with E-state index in [4.69, 9.17) is 12.2 Å². The molecule has 0 saturated carbocycles. The van der Waals surface area contributed by atoms with Gasteiger partial charge in [-0.1, -0.05) is 24.3 Å². The minimum atomic E-state index is -0.204. The number of nitrogens with zero attached hydrogens (tertiary/aromatic N) is 4. The van der Waals surface area contributed by atoms with Crippen molar-refractivity contribution in [1.82, 2.24) is 19.9 Å². The molecule has 5 rings (SSSR count). The first-order valence-electron chi connectivity index (χ1n) is 10.9. The van der Waals surface area contributed by atoms with Gasteiger partial charge >= 0.3 is 0 Å². The van der Waals surface area contributed by atoms with Crippen LogP contribution in [0.4, 0.5) is 5.69 Å². The number of hydrogen-bond donors (Lipinski definition) is 2. The monoisotopic (exact) mass is 455 g/mol. The van der Waals surface area contributed by atoms with Crippen LogP contribution >= 0.6 is 12.2 Å². The molecule has 0 aliphatic carbocycles. The lowest BCUT2D eigenvalue weighted by atomic mass is 9.96. The van der Waals surface area contributed by atoms with E-state index in [1.165, 1.54) is 0 Å². The van der Waals surface area contributed by atoms with E-state index in [1.54, 1.807) is 12.3 Å². The molecule has 1 saturated heterocycles. The Labute approximate surface area is 198 Å². The molecule has 1 aromatic carbocycles. The van der Waals surface area contributed by atoms with Gasteiger partial charge in [0, 0.05) is 23.8 Å². The number of para-hydroxylation sites is 2. The second kappa shape index (κ2) is 8.33. The summed E-state index contributed by atoms with van der Waals surface area (Å²) in [6.07, 6.45) is 3.61. The minimum Gasteiger partial charge on any atom is -0.506 e. The van der Waals surface area contributed by atoms with E-state index in [9.17, 15) is 5.11 Å². The number of phenolic OH excluding ortho intramolecular Hbond substituents is 1. The van der Waals surface area contributed by atoms with E-state index in [0.29, 0.717) is 10.8 Å². The molecular formula is C26H25N5OS. The molecule has 1 aliphatic heterocycles. The molecule has 7 heteroatoms. The number of aryl methyl sites for hydroxylation is 2. The van der Waals surface area contributed by atoms with E-state index < -0.39 is 0 Å². The zero-order valence-electron chi connectivity index (χ0n) is 18.7. The maximum absolute atomic E-state index is 10.7. The normalized spacial score (nSPS) is 17.9. The highest BCUT2D eigenvalue weighted by Gasteiger charge is 2.43. The van der Waals surface area contributed by atoms with Crippen LogP contribution in [0.15, 0.2) is 73.1 Å². The van der Waals surface area contributed by atoms with Gasteiger partial charge in [-0.25, -0.2) is 4.98 Å². The van der Waals surface area contributed by atoms with E-state index in [0.717, 1.165) is 34.0 Å². The van der Waals surface area contributed by atoms with Gasteiger partial charge in [0.15, 0.2) is 5.11 Å². The Morgan fingerprint density at radius 1 is 0.939 bits per heavy atom. The number of rotatable bonds is 4. The Bertz CT molecular complexity index is 1330. The molecular weight excluding hydrogens is 430 g/mol. The van der Waals surface area contributed by atoms with E-state index in [-0.39, 0.29) is 17.8 Å². The molecule has 2 N–H and O–H groups in total. The summed E-state index contributed by atoms with van der Waals surface area (Å²) in [7, 11) is 0. The predicted octanol–water partition coefficient (Wildman–Crippen LogP) is 5.08. The number of hydrogen-bond acceptors (Lipinski definition) is 4. The van der Waals surface area contributed by atoms with Gasteiger partial charge in [0.2, 0.25) is 0 Å². The number of aromatic hydroxyl groups is 1. The highest BCUT2D eigenvalue weighted by atomic mass is 32.1. The van der Waals surface area contributed by atoms with Gasteiger partial charge in [-0.15, -0.1) is 0 Å². The fraction of sp³-hybridized carbons (Fsp3) is 0.192. The lowest BCUT2D eigenvalue weighted by Gasteiger charge is -2.28. The third-order valence-electron chi connectivity index (χ3n) is 6.22. The van der Waals surface area contributed by atoms with Gasteiger partial charge in [0.05, 0.1) is 23.5 Å². The second-order valence-electron chi connectivity index (χ2n) is 8.29. The third-order valence-corrected chi connectivity index (χ3v) is 6.54. The average Bonchev–Trinajstić information content (AvgIpc) is 3.30. The summed E-state index contributed by atoms with van der Waals surface area (Å²) in [5.74, 6) is 1.10. The Hall–Kier alpha value is -3.71. The van der Waals surface area contributed by atoms with Crippen LogP contribution in [0.2, 0.25) is 0 Å². The molecule has 166 valence electrons. The van der Waals surface area contributed by atoms with Crippen molar-refractivity contribution >= 4 is 23.0 Å². The zero-order valence-corrected chi connectivity index (χ0v) is 19.5. The number of anilines is 1. The Morgan fingerprint density at radius 3 is 2.42 bits per heavy atom. The van der Waals surface area contributed by atoms with Gasteiger partial charge in [0.1, 0.15) is 11.6 Å². The first-order valence-corrected chi connectivity index (χ1v) is 11.3. The highest BCUT2D eigenvalue weighted by Crippen LogP contribution is 2.45. The molecule has 1 aliphatic rings. The second-order valence-corrected chi connectivity index (χ2v) is 8.68. The summed E-state index contributed by atoms with van der Waals surface area (Å²) >= 11 is 5.79. The lowest BCUT2D eigenvalue weighted by Crippen LogP contribution is -2.29. The molecule has 0 unspecified atom stereocenters. The fourth-order valence-electron chi connectivity index (χ4n) is 4.72. The lowest BCUT2D eigenvalue weighted by molar-refractivity contribution is 0.472. The third kappa shape index (κ3) is 3.54. The van der Waals surface area contributed by atoms with Crippen molar-refractivity contribution in [2.45, 2.75) is 32.9 Å². The summed E-state index contributed by atoms with van der Waals surface area (Å²) in [5.41, 5.74) is 5.92. The van der Waals surface area contributed by atoms with Gasteiger partial charge in [-0.3, -0.25) is 4.98 Å². The van der Waals surface area contributed by atoms with Crippen molar-refractivity contribution in [3.05, 3.63) is 101 Å². The Kier molecular flexibility index (Phi) is 5.34. The molecule has 4 aromatic rings. The molecule has 4 heterocycles. The molecule has 1 fully saturated rings. The zero-order chi connectivity index (χ0) is 23.1. The maximum Gasteiger partial charge on any atom is 0.174 e. The number of pyridine rings is 2. The number of benzene rings is 1. The molecule has 6 nitrogen and oxygen atoms in total. The highest BCUT2D eigenvalue weighted by molar-refractivity contribution is 7.80. The van der Waals surface area contributed by atoms with Crippen LogP contribution in [0.25, 0.3) is 5.82 Å². The standard InChI is InChI=1S/C26H25N5OS/c1-16-9-8-14-28-25(16)30-17(2)15-19(18(30)3)24-23(20-10-6-7-13-27-20)29-26(33)31(24)21-11-4-5-12-22(21)32/h4-15,23-24,32H,1-3H3,(H,29,33)/t23-,24+/m1/s1. The number of thiocarbonyl (C=S) groups is 1. The van der Waals surface area contributed by atoms with Crippen LogP contribution in [0.5, 0.6) is 5.75 Å². The molecule has 0 spiro atoms. The first kappa shape index (κ1) is 21.2. The number of nitrogens with one attached hydrogen (secondary N) is 1. The molecule has 33 heavy (non-hydrogen) atoms. The van der Waals surface area contributed by atoms with Crippen molar-refractivity contribution in [2.24, 2.45) is 0 Å². The van der Waals surface area contributed by atoms with Gasteiger partial charge in [-0.05, 0) is 80.5 Å². The maximum atomic E-state index is 10.7. The summed E-state index contributed by atoms with van der Waals surface area (Å²) in [6.45, 7) is 6.26. The summed E-state index contributed by atoms with van der Waals surface area (Å²) in [5, 5.41) is 14.7. The predicted molar refractivity (Wildman–Crippen MR) is 134 cm³/mol. The Balaban J connectivity index is 1.71. The molecule has 3 aromatic heterocycles. The van der Waals surface area contributed by atoms with Crippen LogP contribution in [-0.2, 0) is 0 Å². The number of aromatic nitrogens is 3. The van der Waals surface area contributed by atoms with Crippen molar-refractivity contribution in [3.63, 3.8) is 0 Å². The number of phenols is 1. The van der Waals surface area contributed by atoms with Crippen LogP contribution in [0, 0.1) is 20.8 Å². The van der Waals surface area contributed by atoms with E-state index in [1.807, 2.05) is 53.6 Å². The molecule has 2 atom stereocenters. The molecule has 0 amide bonds. The van der Waals surface area contributed by atoms with Gasteiger partial charge < -0.3 is 19.9 Å². The van der Waals surface area contributed by atoms with Crippen LogP contribution in [0.1, 0.15) is 40.3 Å². The summed E-state index contributed by atoms with van der Waals surface area (Å²) in [4.78, 5) is 11.3. The molecule has 0 bridgehead atoms. The van der Waals surface area contributed by atoms with E-state index >= 15 is 0 Å². The van der Waals surface area contributed by atoms with Crippen molar-refractivity contribution in [3.8, 4) is 11.6 Å². The SMILES string of the molecule is Cc1cccnc1-n1c(C)cc([C@H]2[C@@H](c3ccccn3)NC(=S)N2c2ccccc2O)c1C. The van der Waals surface area contributed by atoms with Crippen molar-refractivity contribution in [1.29, 1.82) is 0 Å². The average molecular weight is 456 g/mol. The quantitative estimate of drug-likeness (QED) is 0.419. The minimum absolute atomic E-state index is 0.183. The van der Waals surface area contributed by atoms with Crippen molar-refractivity contribution < 1.29 is 5.11 Å². The largest absolute Gasteiger partial charge is 0.506 e. The van der Waals surface area contributed by atoms with Crippen LogP contribution < -0.4 is 10.2 Å². The Morgan fingerprint density at radius 2 is 1.70 bits per heavy atom. The van der Waals surface area contributed by atoms with Gasteiger partial charge in [0.25, 0.3) is 0 Å². The molecule has 0 radical (unpaired) electrons. The smallest absolute Gasteiger partial charge is 0.174 e. The summed E-state index contributed by atoms with van der Waals surface area (Å²) in [6, 6.07) is 19.0. The first-order chi connectivity index (χ1) is 16.0.